The smallest absolute Gasteiger partial charge is 0.169 e. The molecule has 0 heterocycles. The standard InChI is InChI=1S/C19H28O2/c1-13-8-7-11-16-17(20)18(21-3)15(12-19(13,16)2)14-9-5-4-6-10-14/h7,9,11,13,15-16,18H,4-6,8,10,12H2,1-3H3. The van der Waals surface area contributed by atoms with Crippen LogP contribution in [-0.4, -0.2) is 19.0 Å². The van der Waals surface area contributed by atoms with Gasteiger partial charge in [0.2, 0.25) is 0 Å². The van der Waals surface area contributed by atoms with Gasteiger partial charge in [-0.15, -0.1) is 0 Å². The lowest BCUT2D eigenvalue weighted by atomic mass is 9.53. The molecule has 0 amide bonds. The lowest BCUT2D eigenvalue weighted by molar-refractivity contribution is -0.147. The van der Waals surface area contributed by atoms with Gasteiger partial charge in [0.05, 0.1) is 0 Å². The van der Waals surface area contributed by atoms with E-state index in [1.807, 2.05) is 0 Å². The van der Waals surface area contributed by atoms with E-state index in [2.05, 4.69) is 32.1 Å². The van der Waals surface area contributed by atoms with Crippen LogP contribution in [0.4, 0.5) is 0 Å². The largest absolute Gasteiger partial charge is 0.373 e. The highest BCUT2D eigenvalue weighted by atomic mass is 16.5. The number of ketones is 1. The van der Waals surface area contributed by atoms with E-state index in [4.69, 9.17) is 4.74 Å². The van der Waals surface area contributed by atoms with Crippen LogP contribution in [0.1, 0.15) is 52.4 Å². The Morgan fingerprint density at radius 1 is 1.33 bits per heavy atom. The van der Waals surface area contributed by atoms with Crippen molar-refractivity contribution in [2.75, 3.05) is 7.11 Å². The van der Waals surface area contributed by atoms with Crippen LogP contribution < -0.4 is 0 Å². The van der Waals surface area contributed by atoms with E-state index in [0.29, 0.717) is 17.6 Å². The Hall–Kier alpha value is -0.890. The monoisotopic (exact) mass is 288 g/mol. The molecule has 3 aliphatic rings. The molecule has 3 aliphatic carbocycles. The molecule has 5 unspecified atom stereocenters. The zero-order valence-corrected chi connectivity index (χ0v) is 13.6. The Labute approximate surface area is 128 Å². The molecule has 0 aromatic carbocycles. The van der Waals surface area contributed by atoms with Gasteiger partial charge in [-0.1, -0.05) is 37.6 Å². The topological polar surface area (TPSA) is 26.3 Å². The van der Waals surface area contributed by atoms with Gasteiger partial charge >= 0.3 is 0 Å². The molecule has 3 rings (SSSR count). The van der Waals surface area contributed by atoms with E-state index in [0.717, 1.165) is 19.3 Å². The summed E-state index contributed by atoms with van der Waals surface area (Å²) in [4.78, 5) is 13.0. The summed E-state index contributed by atoms with van der Waals surface area (Å²) in [6.45, 7) is 4.63. The van der Waals surface area contributed by atoms with Crippen molar-refractivity contribution in [3.63, 3.8) is 0 Å². The minimum absolute atomic E-state index is 0.0478. The van der Waals surface area contributed by atoms with Gasteiger partial charge in [-0.3, -0.25) is 4.79 Å². The molecule has 5 atom stereocenters. The molecule has 0 aliphatic heterocycles. The number of carbonyl (C=O) groups excluding carboxylic acids is 1. The number of ether oxygens (including phenoxy) is 1. The summed E-state index contributed by atoms with van der Waals surface area (Å²) in [5.41, 5.74) is 1.59. The maximum absolute atomic E-state index is 13.0. The van der Waals surface area contributed by atoms with E-state index in [1.54, 1.807) is 7.11 Å². The molecule has 21 heavy (non-hydrogen) atoms. The summed E-state index contributed by atoms with van der Waals surface area (Å²) in [6, 6.07) is 0. The normalized spacial score (nSPS) is 43.4. The van der Waals surface area contributed by atoms with Crippen LogP contribution in [0.3, 0.4) is 0 Å². The molecule has 0 saturated heterocycles. The van der Waals surface area contributed by atoms with Crippen LogP contribution in [0, 0.1) is 23.2 Å². The number of carbonyl (C=O) groups is 1. The fourth-order valence-electron chi connectivity index (χ4n) is 4.72. The van der Waals surface area contributed by atoms with Crippen molar-refractivity contribution in [1.82, 2.24) is 0 Å². The number of fused-ring (bicyclic) bond motifs is 1. The van der Waals surface area contributed by atoms with Gasteiger partial charge in [-0.2, -0.15) is 0 Å². The van der Waals surface area contributed by atoms with E-state index < -0.39 is 0 Å². The summed E-state index contributed by atoms with van der Waals surface area (Å²) >= 11 is 0. The Balaban J connectivity index is 1.96. The molecule has 1 saturated carbocycles. The number of Topliss-reactive ketones (excluding diaryl/α,β-unsaturated/α-hetero) is 1. The van der Waals surface area contributed by atoms with Crippen LogP contribution in [-0.2, 0) is 9.53 Å². The SMILES string of the molecule is COC1C(=O)C2C=CCC(C)C2(C)CC1C1=CCCCC1. The van der Waals surface area contributed by atoms with E-state index >= 15 is 0 Å². The molecule has 2 nitrogen and oxygen atoms in total. The molecular formula is C19H28O2. The maximum atomic E-state index is 13.0. The lowest BCUT2D eigenvalue weighted by Gasteiger charge is -2.51. The second kappa shape index (κ2) is 5.72. The molecule has 0 aromatic rings. The van der Waals surface area contributed by atoms with Gasteiger partial charge < -0.3 is 4.74 Å². The maximum Gasteiger partial charge on any atom is 0.169 e. The second-order valence-electron chi connectivity index (χ2n) is 7.44. The second-order valence-corrected chi connectivity index (χ2v) is 7.44. The first kappa shape index (κ1) is 15.0. The van der Waals surface area contributed by atoms with Crippen LogP contribution in [0.15, 0.2) is 23.8 Å². The first-order chi connectivity index (χ1) is 10.1. The predicted molar refractivity (Wildman–Crippen MR) is 85.0 cm³/mol. The van der Waals surface area contributed by atoms with Crippen molar-refractivity contribution in [3.05, 3.63) is 23.8 Å². The highest BCUT2D eigenvalue weighted by Crippen LogP contribution is 2.53. The minimum atomic E-state index is -0.234. The van der Waals surface area contributed by atoms with Gasteiger partial charge in [0, 0.05) is 18.9 Å². The Kier molecular flexibility index (Phi) is 4.09. The summed E-state index contributed by atoms with van der Waals surface area (Å²) in [6.07, 6.45) is 13.6. The molecule has 0 spiro atoms. The fraction of sp³-hybridized carbons (Fsp3) is 0.737. The van der Waals surface area contributed by atoms with Gasteiger partial charge in [-0.05, 0) is 49.9 Å². The Bertz CT molecular complexity index is 476. The van der Waals surface area contributed by atoms with Crippen molar-refractivity contribution < 1.29 is 9.53 Å². The summed E-state index contributed by atoms with van der Waals surface area (Å²) in [7, 11) is 1.71. The first-order valence-corrected chi connectivity index (χ1v) is 8.50. The molecule has 0 N–H and O–H groups in total. The van der Waals surface area contributed by atoms with Gasteiger partial charge in [0.25, 0.3) is 0 Å². The van der Waals surface area contributed by atoms with Crippen molar-refractivity contribution >= 4 is 5.78 Å². The fourth-order valence-corrected chi connectivity index (χ4v) is 4.72. The first-order valence-electron chi connectivity index (χ1n) is 8.50. The average molecular weight is 288 g/mol. The van der Waals surface area contributed by atoms with Crippen LogP contribution >= 0.6 is 0 Å². The quantitative estimate of drug-likeness (QED) is 0.708. The Morgan fingerprint density at radius 2 is 2.14 bits per heavy atom. The van der Waals surface area contributed by atoms with E-state index in [1.165, 1.54) is 24.8 Å². The zero-order chi connectivity index (χ0) is 15.0. The molecule has 0 aromatic heterocycles. The third-order valence-corrected chi connectivity index (χ3v) is 6.32. The summed E-state index contributed by atoms with van der Waals surface area (Å²) < 4.78 is 5.67. The van der Waals surface area contributed by atoms with Crippen molar-refractivity contribution in [3.8, 4) is 0 Å². The van der Waals surface area contributed by atoms with E-state index in [-0.39, 0.29) is 17.4 Å². The number of hydrogen-bond acceptors (Lipinski definition) is 2. The highest BCUT2D eigenvalue weighted by Gasteiger charge is 2.53. The summed E-state index contributed by atoms with van der Waals surface area (Å²) in [5.74, 6) is 1.23. The molecule has 2 heteroatoms. The van der Waals surface area contributed by atoms with E-state index in [9.17, 15) is 4.79 Å². The highest BCUT2D eigenvalue weighted by molar-refractivity contribution is 5.89. The van der Waals surface area contributed by atoms with Crippen molar-refractivity contribution in [2.45, 2.75) is 58.5 Å². The molecule has 1 fully saturated rings. The van der Waals surface area contributed by atoms with Crippen molar-refractivity contribution in [1.29, 1.82) is 0 Å². The van der Waals surface area contributed by atoms with Gasteiger partial charge in [-0.25, -0.2) is 0 Å². The lowest BCUT2D eigenvalue weighted by Crippen LogP contribution is -2.53. The van der Waals surface area contributed by atoms with Crippen LogP contribution in [0.5, 0.6) is 0 Å². The Morgan fingerprint density at radius 3 is 2.81 bits per heavy atom. The van der Waals surface area contributed by atoms with Crippen molar-refractivity contribution in [2.24, 2.45) is 23.2 Å². The number of rotatable bonds is 2. The summed E-state index contributed by atoms with van der Waals surface area (Å²) in [5, 5.41) is 0. The average Bonchev–Trinajstić information content (AvgIpc) is 2.50. The number of hydrogen-bond donors (Lipinski definition) is 0. The molecule has 116 valence electrons. The molecular weight excluding hydrogens is 260 g/mol. The van der Waals surface area contributed by atoms with Crippen LogP contribution in [0.25, 0.3) is 0 Å². The number of methoxy groups -OCH3 is 1. The number of allylic oxidation sites excluding steroid dienone is 3. The third-order valence-electron chi connectivity index (χ3n) is 6.32. The van der Waals surface area contributed by atoms with Gasteiger partial charge in [0.15, 0.2) is 5.78 Å². The minimum Gasteiger partial charge on any atom is -0.373 e. The zero-order valence-electron chi connectivity index (χ0n) is 13.6. The van der Waals surface area contributed by atoms with Gasteiger partial charge in [0.1, 0.15) is 6.10 Å². The predicted octanol–water partition coefficient (Wildman–Crippen LogP) is 4.31. The molecule has 0 radical (unpaired) electrons. The van der Waals surface area contributed by atoms with Crippen LogP contribution in [0.2, 0.25) is 0 Å². The molecule has 0 bridgehead atoms. The third kappa shape index (κ3) is 2.42.